The zero-order valence-corrected chi connectivity index (χ0v) is 17.5. The van der Waals surface area contributed by atoms with Crippen molar-refractivity contribution in [3.8, 4) is 0 Å². The topological polar surface area (TPSA) is 26.3 Å². The van der Waals surface area contributed by atoms with Crippen molar-refractivity contribution in [2.24, 2.45) is 22.7 Å². The first-order valence-electron chi connectivity index (χ1n) is 9.67. The highest BCUT2D eigenvalue weighted by molar-refractivity contribution is 8.15. The quantitative estimate of drug-likeness (QED) is 0.195. The van der Waals surface area contributed by atoms with Gasteiger partial charge in [-0.2, -0.15) is 36.7 Å². The van der Waals surface area contributed by atoms with E-state index in [1.54, 1.807) is 0 Å². The Morgan fingerprint density at radius 2 is 1.74 bits per heavy atom. The molecule has 0 aliphatic heterocycles. The van der Waals surface area contributed by atoms with Gasteiger partial charge in [0.25, 0.3) is 0 Å². The molecule has 7 heteroatoms. The van der Waals surface area contributed by atoms with E-state index < -0.39 is 17.7 Å². The molecule has 4 saturated carbocycles. The SMILES string of the molecule is C=C(C(=O)OCCC12CC3CC(C1)CC(CCSCSC)(C3)C2)C(F)(F)F. The summed E-state index contributed by atoms with van der Waals surface area (Å²) in [6.45, 7) is 2.90. The lowest BCUT2D eigenvalue weighted by Gasteiger charge is -2.62. The predicted octanol–water partition coefficient (Wildman–Crippen LogP) is 6.07. The molecule has 2 nitrogen and oxygen atoms in total. The first-order valence-corrected chi connectivity index (χ1v) is 12.2. The van der Waals surface area contributed by atoms with E-state index in [0.29, 0.717) is 11.8 Å². The Morgan fingerprint density at radius 1 is 1.15 bits per heavy atom. The van der Waals surface area contributed by atoms with Crippen LogP contribution in [0.15, 0.2) is 12.2 Å². The molecule has 27 heavy (non-hydrogen) atoms. The summed E-state index contributed by atoms with van der Waals surface area (Å²) in [5, 5.41) is 1.13. The summed E-state index contributed by atoms with van der Waals surface area (Å²) in [5.74, 6) is 1.36. The Bertz CT molecular complexity index is 562. The van der Waals surface area contributed by atoms with Crippen LogP contribution in [0.3, 0.4) is 0 Å². The number of carbonyl (C=O) groups excluding carboxylic acids is 1. The Kier molecular flexibility index (Phi) is 6.51. The van der Waals surface area contributed by atoms with Gasteiger partial charge in [0.2, 0.25) is 0 Å². The lowest BCUT2D eigenvalue weighted by atomic mass is 9.43. The van der Waals surface area contributed by atoms with Gasteiger partial charge in [-0.3, -0.25) is 0 Å². The van der Waals surface area contributed by atoms with Gasteiger partial charge in [-0.25, -0.2) is 4.79 Å². The third-order valence-electron chi connectivity index (χ3n) is 6.74. The summed E-state index contributed by atoms with van der Waals surface area (Å²) < 4.78 is 42.6. The van der Waals surface area contributed by atoms with E-state index in [9.17, 15) is 18.0 Å². The molecule has 2 unspecified atom stereocenters. The highest BCUT2D eigenvalue weighted by Gasteiger charge is 2.56. The fourth-order valence-electron chi connectivity index (χ4n) is 6.23. The molecule has 4 aliphatic carbocycles. The van der Waals surface area contributed by atoms with Crippen LogP contribution < -0.4 is 0 Å². The van der Waals surface area contributed by atoms with Crippen molar-refractivity contribution in [1.29, 1.82) is 0 Å². The fourth-order valence-corrected chi connectivity index (χ4v) is 7.94. The lowest BCUT2D eigenvalue weighted by Crippen LogP contribution is -2.52. The second kappa shape index (κ2) is 8.21. The normalized spacial score (nSPS) is 34.7. The second-order valence-corrected chi connectivity index (χ2v) is 11.2. The first kappa shape index (κ1) is 21.4. The third kappa shape index (κ3) is 5.01. The van der Waals surface area contributed by atoms with Gasteiger partial charge in [0, 0.05) is 5.08 Å². The van der Waals surface area contributed by atoms with Crippen LogP contribution in [-0.2, 0) is 9.53 Å². The van der Waals surface area contributed by atoms with Crippen LogP contribution in [0, 0.1) is 22.7 Å². The number of hydrogen-bond donors (Lipinski definition) is 0. The number of rotatable bonds is 9. The number of ether oxygens (including phenoxy) is 1. The van der Waals surface area contributed by atoms with Gasteiger partial charge in [0.1, 0.15) is 5.57 Å². The van der Waals surface area contributed by atoms with Gasteiger partial charge >= 0.3 is 12.1 Å². The summed E-state index contributed by atoms with van der Waals surface area (Å²) in [6, 6.07) is 0. The Hall–Kier alpha value is -0.300. The maximum atomic E-state index is 12.6. The van der Waals surface area contributed by atoms with Crippen LogP contribution in [0.1, 0.15) is 51.4 Å². The molecule has 0 heterocycles. The summed E-state index contributed by atoms with van der Waals surface area (Å²) in [5.41, 5.74) is -0.835. The minimum absolute atomic E-state index is 0.0741. The van der Waals surface area contributed by atoms with Crippen molar-refractivity contribution in [1.82, 2.24) is 0 Å². The van der Waals surface area contributed by atoms with E-state index in [-0.39, 0.29) is 12.0 Å². The Balaban J connectivity index is 1.56. The van der Waals surface area contributed by atoms with Crippen molar-refractivity contribution in [3.63, 3.8) is 0 Å². The zero-order chi connectivity index (χ0) is 19.7. The summed E-state index contributed by atoms with van der Waals surface area (Å²) in [6.07, 6.45) is 6.76. The van der Waals surface area contributed by atoms with Gasteiger partial charge in [0.15, 0.2) is 0 Å². The van der Waals surface area contributed by atoms with Gasteiger partial charge in [0.05, 0.1) is 6.61 Å². The molecule has 0 aromatic rings. The van der Waals surface area contributed by atoms with Gasteiger partial charge in [-0.1, -0.05) is 6.58 Å². The minimum Gasteiger partial charge on any atom is -0.462 e. The maximum absolute atomic E-state index is 12.6. The van der Waals surface area contributed by atoms with Crippen LogP contribution in [0.5, 0.6) is 0 Å². The number of carbonyl (C=O) groups is 1. The molecule has 0 aromatic heterocycles. The van der Waals surface area contributed by atoms with Crippen LogP contribution in [-0.4, -0.2) is 35.8 Å². The molecular formula is C20H29F3O2S2. The third-order valence-corrected chi connectivity index (χ3v) is 8.84. The van der Waals surface area contributed by atoms with Crippen molar-refractivity contribution < 1.29 is 22.7 Å². The summed E-state index contributed by atoms with van der Waals surface area (Å²) in [4.78, 5) is 11.6. The van der Waals surface area contributed by atoms with E-state index in [1.165, 1.54) is 31.4 Å². The molecule has 2 atom stereocenters. The average Bonchev–Trinajstić information content (AvgIpc) is 2.55. The largest absolute Gasteiger partial charge is 0.462 e. The number of alkyl halides is 3. The molecule has 0 aromatic carbocycles. The van der Waals surface area contributed by atoms with E-state index in [0.717, 1.165) is 36.2 Å². The molecule has 4 bridgehead atoms. The molecule has 0 N–H and O–H groups in total. The maximum Gasteiger partial charge on any atom is 0.422 e. The van der Waals surface area contributed by atoms with Crippen molar-refractivity contribution in [2.45, 2.75) is 57.5 Å². The molecule has 0 spiro atoms. The highest BCUT2D eigenvalue weighted by atomic mass is 32.2. The Morgan fingerprint density at radius 3 is 2.30 bits per heavy atom. The van der Waals surface area contributed by atoms with Crippen LogP contribution in [0.4, 0.5) is 13.2 Å². The lowest BCUT2D eigenvalue weighted by molar-refractivity contribution is -0.154. The fraction of sp³-hybridized carbons (Fsp3) is 0.850. The monoisotopic (exact) mass is 422 g/mol. The molecule has 4 aliphatic rings. The molecule has 154 valence electrons. The van der Waals surface area contributed by atoms with Crippen molar-refractivity contribution in [3.05, 3.63) is 12.2 Å². The Labute approximate surface area is 168 Å². The second-order valence-electron chi connectivity index (χ2n) is 8.89. The minimum atomic E-state index is -4.71. The van der Waals surface area contributed by atoms with E-state index in [2.05, 4.69) is 12.8 Å². The van der Waals surface area contributed by atoms with Crippen LogP contribution in [0.2, 0.25) is 0 Å². The standard InChI is InChI=1S/C20H29F3O2S2/c1-14(20(21,22)23)17(24)25-5-3-18-8-15-7-16(9-18)11-19(10-15,12-18)4-6-27-13-26-2/h15-16H,1,3-13H2,2H3. The van der Waals surface area contributed by atoms with Crippen molar-refractivity contribution in [2.75, 3.05) is 23.7 Å². The molecular weight excluding hydrogens is 393 g/mol. The van der Waals surface area contributed by atoms with E-state index >= 15 is 0 Å². The summed E-state index contributed by atoms with van der Waals surface area (Å²) >= 11 is 3.87. The highest BCUT2D eigenvalue weighted by Crippen LogP contribution is 2.67. The van der Waals surface area contributed by atoms with Crippen LogP contribution in [0.25, 0.3) is 0 Å². The number of thioether (sulfide) groups is 2. The molecule has 0 saturated heterocycles. The number of halogens is 3. The summed E-state index contributed by atoms with van der Waals surface area (Å²) in [7, 11) is 0. The van der Waals surface area contributed by atoms with Crippen molar-refractivity contribution >= 4 is 29.5 Å². The van der Waals surface area contributed by atoms with E-state index in [1.807, 2.05) is 23.5 Å². The number of hydrogen-bond acceptors (Lipinski definition) is 4. The van der Waals surface area contributed by atoms with E-state index in [4.69, 9.17) is 4.74 Å². The number of esters is 1. The van der Waals surface area contributed by atoms with Gasteiger partial charge < -0.3 is 4.74 Å². The average molecular weight is 423 g/mol. The molecule has 0 radical (unpaired) electrons. The van der Waals surface area contributed by atoms with Gasteiger partial charge in [-0.05, 0) is 86.0 Å². The smallest absolute Gasteiger partial charge is 0.422 e. The molecule has 4 rings (SSSR count). The first-order chi connectivity index (χ1) is 12.7. The predicted molar refractivity (Wildman–Crippen MR) is 106 cm³/mol. The molecule has 0 amide bonds. The van der Waals surface area contributed by atoms with Crippen LogP contribution >= 0.6 is 23.5 Å². The van der Waals surface area contributed by atoms with Gasteiger partial charge in [-0.15, -0.1) is 0 Å². The molecule has 4 fully saturated rings. The zero-order valence-electron chi connectivity index (χ0n) is 15.9.